The normalized spacial score (nSPS) is 18.6. The molecule has 1 aliphatic carbocycles. The zero-order valence-corrected chi connectivity index (χ0v) is 27.1. The van der Waals surface area contributed by atoms with Crippen LogP contribution in [0.15, 0.2) is 58.3 Å². The van der Waals surface area contributed by atoms with Gasteiger partial charge in [-0.25, -0.2) is 9.78 Å². The van der Waals surface area contributed by atoms with E-state index in [-0.39, 0.29) is 17.5 Å². The van der Waals surface area contributed by atoms with Crippen LogP contribution in [0.4, 0.5) is 5.69 Å². The van der Waals surface area contributed by atoms with E-state index >= 15 is 0 Å². The van der Waals surface area contributed by atoms with Crippen molar-refractivity contribution in [2.45, 2.75) is 44.4 Å². The molecule has 1 aliphatic heterocycles. The Labute approximate surface area is 275 Å². The standard InChI is InChI=1S/C34H35ClN6O6/c1-17-20(7-6-10-24(17)38-31(44)23-16-40(2)34(46)41(3)33(23)45)21-8-5-9-22(29(21)35)25-13-18-14-26(42)30(28(18)32(39-25)47-4)36-15-19-11-12-27(43)37-19/h5-10,13,16,19,26,30,36,42H,11-12,14-15H2,1-4H3,(H,37,43)(H,38,44). The lowest BCUT2D eigenvalue weighted by Gasteiger charge is -2.22. The fourth-order valence-electron chi connectivity index (χ4n) is 6.40. The number of aliphatic hydroxyl groups is 1. The van der Waals surface area contributed by atoms with Crippen LogP contribution in [-0.2, 0) is 25.3 Å². The lowest BCUT2D eigenvalue weighted by atomic mass is 9.96. The third kappa shape index (κ3) is 5.95. The van der Waals surface area contributed by atoms with Gasteiger partial charge in [0.2, 0.25) is 11.8 Å². The van der Waals surface area contributed by atoms with Gasteiger partial charge in [-0.05, 0) is 42.2 Å². The van der Waals surface area contributed by atoms with Crippen LogP contribution in [0, 0.1) is 6.92 Å². The van der Waals surface area contributed by atoms with Gasteiger partial charge >= 0.3 is 5.69 Å². The molecular formula is C34H35ClN6O6. The first-order chi connectivity index (χ1) is 22.5. The molecule has 3 unspecified atom stereocenters. The number of methoxy groups -OCH3 is 1. The Balaban J connectivity index is 1.31. The fourth-order valence-corrected chi connectivity index (χ4v) is 6.73. The highest BCUT2D eigenvalue weighted by atomic mass is 35.5. The van der Waals surface area contributed by atoms with E-state index in [1.807, 2.05) is 37.3 Å². The molecule has 2 amide bonds. The Morgan fingerprint density at radius 3 is 2.57 bits per heavy atom. The van der Waals surface area contributed by atoms with Gasteiger partial charge in [-0.3, -0.25) is 19.0 Å². The zero-order chi connectivity index (χ0) is 33.6. The molecule has 244 valence electrons. The lowest BCUT2D eigenvalue weighted by Crippen LogP contribution is -2.40. The molecule has 4 aromatic rings. The zero-order valence-electron chi connectivity index (χ0n) is 26.4. The minimum atomic E-state index is -0.698. The number of carbonyl (C=O) groups is 2. The number of aliphatic hydroxyl groups excluding tert-OH is 1. The third-order valence-corrected chi connectivity index (χ3v) is 9.34. The molecule has 1 fully saturated rings. The molecule has 3 atom stereocenters. The number of amides is 2. The number of pyridine rings is 1. The van der Waals surface area contributed by atoms with Crippen molar-refractivity contribution in [3.8, 4) is 28.3 Å². The number of hydrogen-bond acceptors (Lipinski definition) is 8. The molecule has 0 bridgehead atoms. The maximum atomic E-state index is 13.2. The summed E-state index contributed by atoms with van der Waals surface area (Å²) in [7, 11) is 4.34. The average molecular weight is 659 g/mol. The van der Waals surface area contributed by atoms with Crippen LogP contribution in [0.1, 0.15) is 45.9 Å². The second-order valence-electron chi connectivity index (χ2n) is 11.9. The summed E-state index contributed by atoms with van der Waals surface area (Å²) in [5.41, 5.74) is 4.19. The maximum absolute atomic E-state index is 13.2. The van der Waals surface area contributed by atoms with Gasteiger partial charge in [0.15, 0.2) is 0 Å². The lowest BCUT2D eigenvalue weighted by molar-refractivity contribution is -0.119. The van der Waals surface area contributed by atoms with Crippen molar-refractivity contribution in [2.75, 3.05) is 19.0 Å². The van der Waals surface area contributed by atoms with Gasteiger partial charge in [-0.2, -0.15) is 0 Å². The molecule has 0 spiro atoms. The minimum absolute atomic E-state index is 0.00900. The molecule has 0 saturated carbocycles. The molecule has 2 aromatic carbocycles. The number of nitrogens with zero attached hydrogens (tertiary/aromatic N) is 3. The maximum Gasteiger partial charge on any atom is 0.330 e. The van der Waals surface area contributed by atoms with Crippen LogP contribution in [0.2, 0.25) is 5.02 Å². The van der Waals surface area contributed by atoms with Gasteiger partial charge in [0.1, 0.15) is 5.56 Å². The highest BCUT2D eigenvalue weighted by molar-refractivity contribution is 6.36. The molecular weight excluding hydrogens is 624 g/mol. The molecule has 6 rings (SSSR count). The van der Waals surface area contributed by atoms with Crippen LogP contribution >= 0.6 is 11.6 Å². The number of fused-ring (bicyclic) bond motifs is 1. The first kappa shape index (κ1) is 32.2. The first-order valence-electron chi connectivity index (χ1n) is 15.2. The molecule has 0 radical (unpaired) electrons. The first-order valence-corrected chi connectivity index (χ1v) is 15.6. The second kappa shape index (κ2) is 12.8. The van der Waals surface area contributed by atoms with Crippen LogP contribution in [-0.4, -0.2) is 56.8 Å². The summed E-state index contributed by atoms with van der Waals surface area (Å²) >= 11 is 7.07. The number of hydrogen-bond donors (Lipinski definition) is 4. The number of halogens is 1. The Morgan fingerprint density at radius 2 is 1.85 bits per heavy atom. The predicted octanol–water partition coefficient (Wildman–Crippen LogP) is 2.86. The fraction of sp³-hybridized carbons (Fsp3) is 0.324. The molecule has 2 aromatic heterocycles. The van der Waals surface area contributed by atoms with Crippen LogP contribution < -0.4 is 31.9 Å². The summed E-state index contributed by atoms with van der Waals surface area (Å²) in [4.78, 5) is 54.3. The number of rotatable bonds is 8. The van der Waals surface area contributed by atoms with Crippen molar-refractivity contribution in [3.05, 3.63) is 96.8 Å². The number of anilines is 1. The summed E-state index contributed by atoms with van der Waals surface area (Å²) in [5, 5.41) is 20.6. The van der Waals surface area contributed by atoms with E-state index in [0.717, 1.165) is 33.2 Å². The van der Waals surface area contributed by atoms with Gasteiger partial charge in [-0.1, -0.05) is 41.9 Å². The molecule has 47 heavy (non-hydrogen) atoms. The third-order valence-electron chi connectivity index (χ3n) is 8.93. The summed E-state index contributed by atoms with van der Waals surface area (Å²) in [6.07, 6.45) is 2.17. The smallest absolute Gasteiger partial charge is 0.330 e. The second-order valence-corrected chi connectivity index (χ2v) is 12.3. The SMILES string of the molecule is COc1nc(-c2cccc(-c3cccc(NC(=O)c4cn(C)c(=O)n(C)c4=O)c3C)c2Cl)cc2c1C(NCC1CCC(=O)N1)C(O)C2. The Hall–Kier alpha value is -4.78. The summed E-state index contributed by atoms with van der Waals surface area (Å²) in [6.45, 7) is 2.36. The summed E-state index contributed by atoms with van der Waals surface area (Å²) in [6, 6.07) is 12.5. The highest BCUT2D eigenvalue weighted by Crippen LogP contribution is 2.43. The summed E-state index contributed by atoms with van der Waals surface area (Å²) < 4.78 is 7.79. The molecule has 2 aliphatic rings. The number of ether oxygens (including phenoxy) is 1. The van der Waals surface area contributed by atoms with E-state index in [0.29, 0.717) is 52.8 Å². The van der Waals surface area contributed by atoms with Crippen molar-refractivity contribution in [2.24, 2.45) is 14.1 Å². The number of benzene rings is 2. The Bertz CT molecular complexity index is 2040. The predicted molar refractivity (Wildman–Crippen MR) is 178 cm³/mol. The van der Waals surface area contributed by atoms with Crippen molar-refractivity contribution < 1.29 is 19.4 Å². The highest BCUT2D eigenvalue weighted by Gasteiger charge is 2.36. The number of carbonyl (C=O) groups excluding carboxylic acids is 2. The van der Waals surface area contributed by atoms with Crippen LogP contribution in [0.3, 0.4) is 0 Å². The number of nitrogens with one attached hydrogen (secondary N) is 3. The molecule has 3 heterocycles. The molecule has 1 saturated heterocycles. The number of aryl methyl sites for hydroxylation is 1. The van der Waals surface area contributed by atoms with E-state index in [9.17, 15) is 24.3 Å². The van der Waals surface area contributed by atoms with Crippen LogP contribution in [0.5, 0.6) is 5.88 Å². The quantitative estimate of drug-likeness (QED) is 0.225. The van der Waals surface area contributed by atoms with Gasteiger partial charge in [0, 0.05) is 68.1 Å². The molecule has 12 nitrogen and oxygen atoms in total. The van der Waals surface area contributed by atoms with Crippen molar-refractivity contribution >= 4 is 29.1 Å². The Kier molecular flexibility index (Phi) is 8.75. The summed E-state index contributed by atoms with van der Waals surface area (Å²) in [5.74, 6) is -0.222. The van der Waals surface area contributed by atoms with E-state index in [2.05, 4.69) is 16.0 Å². The van der Waals surface area contributed by atoms with Gasteiger partial charge in [0.25, 0.3) is 11.5 Å². The van der Waals surface area contributed by atoms with Crippen LogP contribution in [0.25, 0.3) is 22.4 Å². The van der Waals surface area contributed by atoms with Crippen molar-refractivity contribution in [3.63, 3.8) is 0 Å². The molecule has 13 heteroatoms. The van der Waals surface area contributed by atoms with E-state index in [1.54, 1.807) is 12.1 Å². The largest absolute Gasteiger partial charge is 0.481 e. The van der Waals surface area contributed by atoms with Gasteiger partial charge < -0.3 is 30.4 Å². The van der Waals surface area contributed by atoms with Crippen molar-refractivity contribution in [1.82, 2.24) is 24.8 Å². The van der Waals surface area contributed by atoms with Gasteiger partial charge in [-0.15, -0.1) is 0 Å². The average Bonchev–Trinajstić information content (AvgIpc) is 3.62. The monoisotopic (exact) mass is 658 g/mol. The minimum Gasteiger partial charge on any atom is -0.481 e. The van der Waals surface area contributed by atoms with E-state index in [4.69, 9.17) is 21.3 Å². The van der Waals surface area contributed by atoms with Gasteiger partial charge in [0.05, 0.1) is 30.0 Å². The topological polar surface area (TPSA) is 157 Å². The molecule has 4 N–H and O–H groups in total. The Morgan fingerprint density at radius 1 is 1.13 bits per heavy atom. The number of aromatic nitrogens is 3. The van der Waals surface area contributed by atoms with Crippen molar-refractivity contribution in [1.29, 1.82) is 0 Å². The van der Waals surface area contributed by atoms with E-state index < -0.39 is 29.3 Å². The van der Waals surface area contributed by atoms with E-state index in [1.165, 1.54) is 32.0 Å².